The first-order valence-electron chi connectivity index (χ1n) is 9.21. The zero-order valence-corrected chi connectivity index (χ0v) is 17.1. The Morgan fingerprint density at radius 2 is 1.81 bits per heavy atom. The molecule has 2 fully saturated rings. The number of hydrogen-bond donors (Lipinski definition) is 1. The Balaban J connectivity index is 1.63. The molecule has 1 atom stereocenters. The fourth-order valence-corrected chi connectivity index (χ4v) is 4.80. The molecule has 1 N–H and O–H groups in total. The molecule has 3 rings (SSSR count). The van der Waals surface area contributed by atoms with Gasteiger partial charge in [-0.15, -0.1) is 0 Å². The Kier molecular flexibility index (Phi) is 5.26. The average molecular weight is 397 g/mol. The van der Waals surface area contributed by atoms with E-state index in [0.717, 1.165) is 5.56 Å². The highest BCUT2D eigenvalue weighted by molar-refractivity contribution is 7.92. The number of hydrogen-bond acceptors (Lipinski definition) is 6. The van der Waals surface area contributed by atoms with Gasteiger partial charge in [0.15, 0.2) is 9.84 Å². The van der Waals surface area contributed by atoms with Crippen LogP contribution in [0.2, 0.25) is 0 Å². The van der Waals surface area contributed by atoms with Gasteiger partial charge in [-0.1, -0.05) is 17.7 Å². The molecule has 2 aliphatic rings. The van der Waals surface area contributed by atoms with Crippen molar-refractivity contribution >= 4 is 15.9 Å². The van der Waals surface area contributed by atoms with Crippen molar-refractivity contribution < 1.29 is 22.7 Å². The smallest absolute Gasteiger partial charge is 0.410 e. The van der Waals surface area contributed by atoms with Crippen molar-refractivity contribution in [1.29, 1.82) is 0 Å². The maximum absolute atomic E-state index is 12.9. The third kappa shape index (κ3) is 4.44. The largest absolute Gasteiger partial charge is 0.444 e. The van der Waals surface area contributed by atoms with Crippen molar-refractivity contribution in [2.45, 2.75) is 62.1 Å². The number of amides is 1. The van der Waals surface area contributed by atoms with Gasteiger partial charge in [-0.25, -0.2) is 13.2 Å². The van der Waals surface area contributed by atoms with E-state index in [0.29, 0.717) is 25.9 Å². The number of sulfone groups is 1. The van der Waals surface area contributed by atoms with Gasteiger partial charge in [-0.2, -0.15) is 0 Å². The normalized spacial score (nSPS) is 22.8. The first-order chi connectivity index (χ1) is 12.5. The lowest BCUT2D eigenvalue weighted by atomic mass is 10.0. The minimum atomic E-state index is -3.53. The molecule has 2 saturated heterocycles. The van der Waals surface area contributed by atoms with Gasteiger partial charge in [0.25, 0.3) is 0 Å². The second-order valence-electron chi connectivity index (χ2n) is 8.26. The third-order valence-electron chi connectivity index (χ3n) is 4.88. The minimum absolute atomic E-state index is 0.0998. The van der Waals surface area contributed by atoms with Crippen LogP contribution in [0.15, 0.2) is 29.2 Å². The molecule has 7 nitrogen and oxygen atoms in total. The van der Waals surface area contributed by atoms with E-state index in [1.54, 1.807) is 29.2 Å². The number of nitrogens with zero attached hydrogens (tertiary/aromatic N) is 1. The fourth-order valence-electron chi connectivity index (χ4n) is 3.34. The number of piperidine rings is 1. The number of carbonyl (C=O) groups is 1. The third-order valence-corrected chi connectivity index (χ3v) is 6.81. The highest BCUT2D eigenvalue weighted by Gasteiger charge is 2.47. The molecule has 150 valence electrons. The van der Waals surface area contributed by atoms with Gasteiger partial charge < -0.3 is 14.4 Å². The van der Waals surface area contributed by atoms with Gasteiger partial charge in [0.1, 0.15) is 16.7 Å². The predicted molar refractivity (Wildman–Crippen MR) is 101 cm³/mol. The number of nitrogens with one attached hydrogen (secondary N) is 1. The molecular weight excluding hydrogens is 368 g/mol. The van der Waals surface area contributed by atoms with E-state index in [-0.39, 0.29) is 17.6 Å². The topological polar surface area (TPSA) is 84.9 Å². The molecule has 2 heterocycles. The lowest BCUT2D eigenvalue weighted by molar-refractivity contribution is -0.0595. The van der Waals surface area contributed by atoms with Crippen molar-refractivity contribution in [1.82, 2.24) is 10.2 Å². The van der Waals surface area contributed by atoms with E-state index >= 15 is 0 Å². The van der Waals surface area contributed by atoms with Crippen molar-refractivity contribution in [3.8, 4) is 0 Å². The van der Waals surface area contributed by atoms with Crippen LogP contribution < -0.4 is 5.32 Å². The van der Waals surface area contributed by atoms with Crippen molar-refractivity contribution in [3.63, 3.8) is 0 Å². The summed E-state index contributed by atoms with van der Waals surface area (Å²) in [6, 6.07) is 6.83. The van der Waals surface area contributed by atoms with Crippen LogP contribution in [-0.4, -0.2) is 55.8 Å². The molecule has 1 spiro atoms. The SMILES string of the molecule is Cc1ccc(S(=O)(=O)C2COC3(CCN(C(=O)OC(C)(C)C)CC3)N2)cc1. The summed E-state index contributed by atoms with van der Waals surface area (Å²) in [5, 5.41) is 2.39. The van der Waals surface area contributed by atoms with E-state index in [2.05, 4.69) is 5.32 Å². The Labute approximate surface area is 160 Å². The number of likely N-dealkylation sites (tertiary alicyclic amines) is 1. The van der Waals surface area contributed by atoms with Crippen LogP contribution in [0.3, 0.4) is 0 Å². The number of aryl methyl sites for hydroxylation is 1. The van der Waals surface area contributed by atoms with Crippen LogP contribution in [0.25, 0.3) is 0 Å². The zero-order chi connectivity index (χ0) is 19.9. The van der Waals surface area contributed by atoms with Crippen LogP contribution in [0.4, 0.5) is 4.79 Å². The summed E-state index contributed by atoms with van der Waals surface area (Å²) in [4.78, 5) is 14.1. The quantitative estimate of drug-likeness (QED) is 0.827. The van der Waals surface area contributed by atoms with Gasteiger partial charge in [-0.3, -0.25) is 5.32 Å². The summed E-state index contributed by atoms with van der Waals surface area (Å²) >= 11 is 0. The van der Waals surface area contributed by atoms with E-state index in [4.69, 9.17) is 9.47 Å². The van der Waals surface area contributed by atoms with Gasteiger partial charge in [0, 0.05) is 25.9 Å². The monoisotopic (exact) mass is 396 g/mol. The first-order valence-corrected chi connectivity index (χ1v) is 10.8. The molecule has 0 saturated carbocycles. The van der Waals surface area contributed by atoms with Crippen molar-refractivity contribution in [3.05, 3.63) is 29.8 Å². The molecule has 0 radical (unpaired) electrons. The van der Waals surface area contributed by atoms with Gasteiger partial charge >= 0.3 is 6.09 Å². The number of carbonyl (C=O) groups excluding carboxylic acids is 1. The second kappa shape index (κ2) is 7.07. The molecule has 8 heteroatoms. The molecule has 1 amide bonds. The molecule has 1 aromatic rings. The Bertz CT molecular complexity index is 790. The van der Waals surface area contributed by atoms with Crippen LogP contribution in [0, 0.1) is 6.92 Å². The predicted octanol–water partition coefficient (Wildman–Crippen LogP) is 2.44. The zero-order valence-electron chi connectivity index (χ0n) is 16.3. The van der Waals surface area contributed by atoms with Gasteiger partial charge in [-0.05, 0) is 39.8 Å². The van der Waals surface area contributed by atoms with Gasteiger partial charge in [0.2, 0.25) is 0 Å². The average Bonchev–Trinajstić information content (AvgIpc) is 2.99. The van der Waals surface area contributed by atoms with Crippen LogP contribution in [-0.2, 0) is 19.3 Å². The lowest BCUT2D eigenvalue weighted by Gasteiger charge is -2.39. The van der Waals surface area contributed by atoms with Crippen molar-refractivity contribution in [2.75, 3.05) is 19.7 Å². The fraction of sp³-hybridized carbons (Fsp3) is 0.632. The summed E-state index contributed by atoms with van der Waals surface area (Å²) in [5.74, 6) is 0. The first kappa shape index (κ1) is 20.1. The van der Waals surface area contributed by atoms with Crippen LogP contribution in [0.5, 0.6) is 0 Å². The number of rotatable bonds is 2. The van der Waals surface area contributed by atoms with E-state index in [1.165, 1.54) is 0 Å². The highest BCUT2D eigenvalue weighted by atomic mass is 32.2. The maximum Gasteiger partial charge on any atom is 0.410 e. The Hall–Kier alpha value is -1.64. The second-order valence-corrected chi connectivity index (χ2v) is 10.4. The van der Waals surface area contributed by atoms with Crippen molar-refractivity contribution in [2.24, 2.45) is 0 Å². The molecule has 1 aromatic carbocycles. The van der Waals surface area contributed by atoms with Crippen LogP contribution in [0.1, 0.15) is 39.2 Å². The van der Waals surface area contributed by atoms with Crippen LogP contribution >= 0.6 is 0 Å². The van der Waals surface area contributed by atoms with Gasteiger partial charge in [0.05, 0.1) is 11.5 Å². The molecule has 27 heavy (non-hydrogen) atoms. The summed E-state index contributed by atoms with van der Waals surface area (Å²) in [6.07, 6.45) is 0.692. The summed E-state index contributed by atoms with van der Waals surface area (Å²) in [7, 11) is -3.53. The molecule has 1 unspecified atom stereocenters. The summed E-state index contributed by atoms with van der Waals surface area (Å²) < 4.78 is 37.0. The lowest BCUT2D eigenvalue weighted by Crippen LogP contribution is -2.55. The number of ether oxygens (including phenoxy) is 2. The molecule has 0 bridgehead atoms. The van der Waals surface area contributed by atoms with E-state index in [9.17, 15) is 13.2 Å². The molecular formula is C19H28N2O5S. The molecule has 0 aliphatic carbocycles. The maximum atomic E-state index is 12.9. The van der Waals surface area contributed by atoms with E-state index < -0.39 is 26.5 Å². The number of benzene rings is 1. The highest BCUT2D eigenvalue weighted by Crippen LogP contribution is 2.32. The van der Waals surface area contributed by atoms with E-state index in [1.807, 2.05) is 27.7 Å². The molecule has 0 aromatic heterocycles. The molecule has 2 aliphatic heterocycles. The Morgan fingerprint density at radius 1 is 1.22 bits per heavy atom. The summed E-state index contributed by atoms with van der Waals surface area (Å²) in [5.41, 5.74) is -0.238. The summed E-state index contributed by atoms with van der Waals surface area (Å²) in [6.45, 7) is 8.43. The Morgan fingerprint density at radius 3 is 2.37 bits per heavy atom. The minimum Gasteiger partial charge on any atom is -0.444 e. The standard InChI is InChI=1S/C19H28N2O5S/c1-14-5-7-15(8-6-14)27(23,24)16-13-25-19(20-16)9-11-21(12-10-19)17(22)26-18(2,3)4/h5-8,16,20H,9-13H2,1-4H3.